The Morgan fingerprint density at radius 2 is 1.31 bits per heavy atom. The predicted molar refractivity (Wildman–Crippen MR) is 219 cm³/mol. The predicted octanol–water partition coefficient (Wildman–Crippen LogP) is 7.65. The molecule has 0 bridgehead atoms. The minimum Gasteiger partial charge on any atom is -0.508 e. The molecule has 4 aliphatic rings. The first-order valence-electron chi connectivity index (χ1n) is 19.4. The molecule has 5 aromatic carbocycles. The van der Waals surface area contributed by atoms with Gasteiger partial charge in [-0.1, -0.05) is 77.9 Å². The quantitative estimate of drug-likeness (QED) is 0.102. The number of carbonyl (C=O) groups excluding carboxylic acids is 4. The van der Waals surface area contributed by atoms with Gasteiger partial charge in [0.2, 0.25) is 11.8 Å². The van der Waals surface area contributed by atoms with Gasteiger partial charge < -0.3 is 19.9 Å². The van der Waals surface area contributed by atoms with Crippen molar-refractivity contribution in [2.45, 2.75) is 31.1 Å². The highest BCUT2D eigenvalue weighted by Gasteiger charge is 2.71. The second-order valence-electron chi connectivity index (χ2n) is 15.4. The zero-order chi connectivity index (χ0) is 40.3. The molecule has 11 nitrogen and oxygen atoms in total. The molecule has 0 unspecified atom stereocenters. The number of hydrazine groups is 1. The highest BCUT2D eigenvalue weighted by atomic mass is 16.5. The molecule has 292 valence electrons. The lowest BCUT2D eigenvalue weighted by Crippen LogP contribution is -2.53. The molecule has 3 N–H and O–H groups in total. The Morgan fingerprint density at radius 3 is 1.95 bits per heavy atom. The molecule has 2 saturated heterocycles. The van der Waals surface area contributed by atoms with Gasteiger partial charge in [-0.25, -0.2) is 0 Å². The molecule has 0 aromatic heterocycles. The van der Waals surface area contributed by atoms with Crippen LogP contribution in [-0.4, -0.2) is 48.0 Å². The number of ether oxygens (including phenoxy) is 2. The number of fused-ring (bicyclic) bond motifs is 4. The molecule has 3 fully saturated rings. The van der Waals surface area contributed by atoms with E-state index in [2.05, 4.69) is 10.7 Å². The fourth-order valence-electron chi connectivity index (χ4n) is 9.91. The number of imide groups is 2. The van der Waals surface area contributed by atoms with Crippen molar-refractivity contribution in [3.05, 3.63) is 150 Å². The van der Waals surface area contributed by atoms with E-state index in [-0.39, 0.29) is 41.9 Å². The third kappa shape index (κ3) is 5.63. The summed E-state index contributed by atoms with van der Waals surface area (Å²) < 4.78 is 11.9. The summed E-state index contributed by atoms with van der Waals surface area (Å²) in [5.74, 6) is -5.15. The van der Waals surface area contributed by atoms with Crippen molar-refractivity contribution in [3.63, 3.8) is 0 Å². The number of phenols is 1. The first-order valence-corrected chi connectivity index (χ1v) is 19.4. The number of nitrogens with zero attached hydrogens (tertiary/aromatic N) is 2. The molecule has 0 radical (unpaired) electrons. The maximum Gasteiger partial charge on any atom is 0.260 e. The number of amides is 4. The van der Waals surface area contributed by atoms with Crippen molar-refractivity contribution < 1.29 is 33.8 Å². The van der Waals surface area contributed by atoms with Crippen molar-refractivity contribution in [1.82, 2.24) is 5.01 Å². The van der Waals surface area contributed by atoms with Crippen LogP contribution in [0.1, 0.15) is 35.4 Å². The number of carbonyl (C=O) groups is 4. The Labute approximate surface area is 335 Å². The average molecular weight is 775 g/mol. The van der Waals surface area contributed by atoms with E-state index in [4.69, 9.17) is 9.47 Å². The Balaban J connectivity index is 1.19. The Kier molecular flexibility index (Phi) is 9.03. The number of benzene rings is 5. The molecular formula is C47H42N4O7. The van der Waals surface area contributed by atoms with Gasteiger partial charge in [0.1, 0.15) is 17.2 Å². The highest BCUT2D eigenvalue weighted by Crippen LogP contribution is 2.66. The van der Waals surface area contributed by atoms with E-state index in [9.17, 15) is 14.7 Å². The number of aromatic hydroxyl groups is 1. The number of phenolic OH excluding ortho intramolecular Hbond substituents is 1. The van der Waals surface area contributed by atoms with Crippen LogP contribution < -0.4 is 25.1 Å². The van der Waals surface area contributed by atoms with Gasteiger partial charge in [-0.3, -0.25) is 29.5 Å². The van der Waals surface area contributed by atoms with E-state index in [1.165, 1.54) is 31.3 Å². The number of allylic oxidation sites excluding steroid dienone is 2. The fraction of sp³-hybridized carbons (Fsp3) is 0.234. The van der Waals surface area contributed by atoms with Gasteiger partial charge in [0.25, 0.3) is 11.8 Å². The summed E-state index contributed by atoms with van der Waals surface area (Å²) in [5.41, 5.74) is 7.12. The van der Waals surface area contributed by atoms with Gasteiger partial charge in [-0.15, -0.1) is 0 Å². The first kappa shape index (κ1) is 36.7. The summed E-state index contributed by atoms with van der Waals surface area (Å²) in [7, 11) is 2.95. The molecule has 5 aromatic rings. The molecule has 2 aliphatic carbocycles. The highest BCUT2D eigenvalue weighted by molar-refractivity contribution is 6.22. The summed E-state index contributed by atoms with van der Waals surface area (Å²) in [6.07, 6.45) is 2.36. The van der Waals surface area contributed by atoms with E-state index in [1.54, 1.807) is 12.1 Å². The van der Waals surface area contributed by atoms with Gasteiger partial charge >= 0.3 is 0 Å². The Hall–Kier alpha value is -6.88. The zero-order valence-electron chi connectivity index (χ0n) is 32.2. The fourth-order valence-corrected chi connectivity index (χ4v) is 9.91. The number of aryl methyl sites for hydroxylation is 1. The summed E-state index contributed by atoms with van der Waals surface area (Å²) >= 11 is 0. The summed E-state index contributed by atoms with van der Waals surface area (Å²) in [4.78, 5) is 61.1. The maximum atomic E-state index is 15.5. The minimum atomic E-state index is -1.55. The molecule has 2 heterocycles. The normalized spacial score (nSPS) is 24.8. The van der Waals surface area contributed by atoms with Crippen molar-refractivity contribution in [2.75, 3.05) is 29.9 Å². The zero-order valence-corrected chi connectivity index (χ0v) is 32.2. The molecule has 2 aliphatic heterocycles. The van der Waals surface area contributed by atoms with Crippen LogP contribution in [0.2, 0.25) is 0 Å². The monoisotopic (exact) mass is 774 g/mol. The standard InChI is InChI=1S/C47H42N4O7/c1-27-14-16-31(17-15-27)49-51-44(54)37-26-36-34(42(41-38(57-2)24-33(52)25-39(41)58-3)47(37,46(51)56)28-10-6-4-7-11-28)22-23-35-40(36)45(55)50(43(35)53)32-20-18-30(19-21-32)48-29-12-8-5-9-13-29/h4-22,24-25,35-37,40,42,48-49,52H,23,26H2,1-3H3/t35-,36+,37-,40-,42+,47+/m0/s1. The third-order valence-electron chi connectivity index (χ3n) is 12.4. The minimum absolute atomic E-state index is 0.110. The van der Waals surface area contributed by atoms with Crippen molar-refractivity contribution in [1.29, 1.82) is 0 Å². The lowest BCUT2D eigenvalue weighted by Gasteiger charge is -2.51. The molecule has 4 amide bonds. The molecular weight excluding hydrogens is 733 g/mol. The Morgan fingerprint density at radius 1 is 0.707 bits per heavy atom. The molecule has 9 rings (SSSR count). The van der Waals surface area contributed by atoms with Crippen LogP contribution in [0, 0.1) is 30.6 Å². The first-order chi connectivity index (χ1) is 28.1. The SMILES string of the molecule is COc1cc(O)cc(OC)c1[C@H]1C2=CC[C@@H]3C(=O)N(c4ccc(Nc5ccccc5)cc4)C(=O)[C@@H]3[C@@H]2C[C@H]2C(=O)N(Nc3ccc(C)cc3)C(=O)[C@@]12c1ccccc1. The van der Waals surface area contributed by atoms with E-state index in [0.717, 1.165) is 27.5 Å². The van der Waals surface area contributed by atoms with Crippen LogP contribution >= 0.6 is 0 Å². The van der Waals surface area contributed by atoms with E-state index < -0.39 is 46.8 Å². The van der Waals surface area contributed by atoms with E-state index in [1.807, 2.05) is 110 Å². The summed E-state index contributed by atoms with van der Waals surface area (Å²) in [6, 6.07) is 36.5. The second kappa shape index (κ2) is 14.3. The maximum absolute atomic E-state index is 15.5. The number of nitrogens with one attached hydrogen (secondary N) is 2. The second-order valence-corrected chi connectivity index (χ2v) is 15.4. The van der Waals surface area contributed by atoms with Crippen LogP contribution in [-0.2, 0) is 24.6 Å². The van der Waals surface area contributed by atoms with Crippen LogP contribution in [0.25, 0.3) is 0 Å². The van der Waals surface area contributed by atoms with Crippen LogP contribution in [0.5, 0.6) is 17.2 Å². The number of rotatable bonds is 9. The van der Waals surface area contributed by atoms with Gasteiger partial charge in [-0.05, 0) is 79.8 Å². The topological polar surface area (TPSA) is 138 Å². The van der Waals surface area contributed by atoms with Gasteiger partial charge in [-0.2, -0.15) is 5.01 Å². The average Bonchev–Trinajstić information content (AvgIpc) is 3.63. The number of para-hydroxylation sites is 1. The smallest absolute Gasteiger partial charge is 0.260 e. The molecule has 58 heavy (non-hydrogen) atoms. The largest absolute Gasteiger partial charge is 0.508 e. The number of anilines is 4. The molecule has 1 saturated carbocycles. The molecule has 6 atom stereocenters. The van der Waals surface area contributed by atoms with Gasteiger partial charge in [0.15, 0.2) is 0 Å². The van der Waals surface area contributed by atoms with Crippen molar-refractivity contribution in [2.24, 2.45) is 23.7 Å². The van der Waals surface area contributed by atoms with Crippen LogP contribution in [0.4, 0.5) is 22.7 Å². The third-order valence-corrected chi connectivity index (χ3v) is 12.4. The number of methoxy groups -OCH3 is 2. The molecule has 11 heteroatoms. The summed E-state index contributed by atoms with van der Waals surface area (Å²) in [5, 5.41) is 15.3. The number of hydrogen-bond acceptors (Lipinski definition) is 9. The van der Waals surface area contributed by atoms with Crippen LogP contribution in [0.3, 0.4) is 0 Å². The van der Waals surface area contributed by atoms with Gasteiger partial charge in [0, 0.05) is 35.0 Å². The van der Waals surface area contributed by atoms with E-state index >= 15 is 9.59 Å². The summed E-state index contributed by atoms with van der Waals surface area (Å²) in [6.45, 7) is 1.95. The van der Waals surface area contributed by atoms with E-state index in [0.29, 0.717) is 22.5 Å². The lowest BCUT2D eigenvalue weighted by molar-refractivity contribution is -0.138. The lowest BCUT2D eigenvalue weighted by atomic mass is 9.49. The van der Waals surface area contributed by atoms with Crippen molar-refractivity contribution >= 4 is 46.4 Å². The van der Waals surface area contributed by atoms with Crippen LogP contribution in [0.15, 0.2) is 133 Å². The number of hydrogen-bond donors (Lipinski definition) is 3. The Bertz CT molecular complexity index is 2450. The van der Waals surface area contributed by atoms with Gasteiger partial charge in [0.05, 0.1) is 48.8 Å². The van der Waals surface area contributed by atoms with Crippen molar-refractivity contribution in [3.8, 4) is 17.2 Å². The molecule has 0 spiro atoms.